The Labute approximate surface area is 128 Å². The number of phenols is 1. The molecule has 0 aliphatic carbocycles. The number of anilines is 2. The summed E-state index contributed by atoms with van der Waals surface area (Å²) in [5, 5.41) is 12.8. The second-order valence-corrected chi connectivity index (χ2v) is 6.75. The Kier molecular flexibility index (Phi) is 4.59. The van der Waals surface area contributed by atoms with E-state index in [4.69, 9.17) is 11.6 Å². The lowest BCUT2D eigenvalue weighted by atomic mass is 10.2. The van der Waals surface area contributed by atoms with Crippen LogP contribution in [0.5, 0.6) is 5.75 Å². The zero-order valence-corrected chi connectivity index (χ0v) is 12.9. The van der Waals surface area contributed by atoms with Crippen LogP contribution in [0, 0.1) is 0 Å². The highest BCUT2D eigenvalue weighted by Crippen LogP contribution is 2.24. The highest BCUT2D eigenvalue weighted by molar-refractivity contribution is 7.92. The van der Waals surface area contributed by atoms with E-state index in [0.717, 1.165) is 17.5 Å². The van der Waals surface area contributed by atoms with Gasteiger partial charge in [0.15, 0.2) is 0 Å². The summed E-state index contributed by atoms with van der Waals surface area (Å²) in [7, 11) is -3.26. The smallest absolute Gasteiger partial charge is 0.229 e. The van der Waals surface area contributed by atoms with Gasteiger partial charge in [-0.1, -0.05) is 17.7 Å². The predicted octanol–water partition coefficient (Wildman–Crippen LogP) is 3.03. The molecular formula is C14H15ClN2O3S. The summed E-state index contributed by atoms with van der Waals surface area (Å²) in [4.78, 5) is 0. The third-order valence-corrected chi connectivity index (χ3v) is 3.61. The number of hydrogen-bond acceptors (Lipinski definition) is 4. The van der Waals surface area contributed by atoms with Gasteiger partial charge in [0, 0.05) is 17.9 Å². The Morgan fingerprint density at radius 2 is 1.71 bits per heavy atom. The van der Waals surface area contributed by atoms with Crippen LogP contribution in [0.4, 0.5) is 11.4 Å². The molecule has 21 heavy (non-hydrogen) atoms. The van der Waals surface area contributed by atoms with E-state index in [9.17, 15) is 13.5 Å². The van der Waals surface area contributed by atoms with Gasteiger partial charge < -0.3 is 10.4 Å². The van der Waals surface area contributed by atoms with E-state index >= 15 is 0 Å². The average Bonchev–Trinajstić information content (AvgIpc) is 2.40. The van der Waals surface area contributed by atoms with Gasteiger partial charge in [-0.05, 0) is 42.0 Å². The fraction of sp³-hybridized carbons (Fsp3) is 0.143. The van der Waals surface area contributed by atoms with Crippen molar-refractivity contribution in [2.45, 2.75) is 6.54 Å². The summed E-state index contributed by atoms with van der Waals surface area (Å²) in [5.41, 5.74) is 2.28. The van der Waals surface area contributed by atoms with Crippen molar-refractivity contribution < 1.29 is 13.5 Å². The lowest BCUT2D eigenvalue weighted by Crippen LogP contribution is -2.09. The maximum Gasteiger partial charge on any atom is 0.229 e. The van der Waals surface area contributed by atoms with Crippen LogP contribution >= 0.6 is 11.6 Å². The molecule has 0 spiro atoms. The summed E-state index contributed by atoms with van der Waals surface area (Å²) in [5.74, 6) is 0.0524. The van der Waals surface area contributed by atoms with Gasteiger partial charge in [-0.15, -0.1) is 0 Å². The van der Waals surface area contributed by atoms with Crippen molar-refractivity contribution in [3.63, 3.8) is 0 Å². The van der Waals surface area contributed by atoms with Crippen LogP contribution in [0.3, 0.4) is 0 Å². The quantitative estimate of drug-likeness (QED) is 0.789. The van der Waals surface area contributed by atoms with Crippen molar-refractivity contribution in [2.75, 3.05) is 16.3 Å². The van der Waals surface area contributed by atoms with Crippen molar-refractivity contribution in [2.24, 2.45) is 0 Å². The summed E-state index contributed by atoms with van der Waals surface area (Å²) in [6, 6.07) is 11.9. The first-order valence-corrected chi connectivity index (χ1v) is 8.39. The molecule has 0 atom stereocenters. The van der Waals surface area contributed by atoms with Crippen LogP contribution in [-0.4, -0.2) is 19.8 Å². The Bertz CT molecular complexity index is 730. The molecule has 0 aromatic heterocycles. The van der Waals surface area contributed by atoms with Crippen molar-refractivity contribution in [3.05, 3.63) is 53.1 Å². The second-order valence-electron chi connectivity index (χ2n) is 4.59. The molecule has 0 amide bonds. The second kappa shape index (κ2) is 6.24. The lowest BCUT2D eigenvalue weighted by molar-refractivity contribution is 0.475. The zero-order chi connectivity index (χ0) is 15.5. The van der Waals surface area contributed by atoms with Gasteiger partial charge in [-0.3, -0.25) is 4.72 Å². The average molecular weight is 327 g/mol. The van der Waals surface area contributed by atoms with Gasteiger partial charge in [0.25, 0.3) is 0 Å². The molecule has 0 aliphatic heterocycles. The number of nitrogens with one attached hydrogen (secondary N) is 2. The van der Waals surface area contributed by atoms with Crippen molar-refractivity contribution in [3.8, 4) is 5.75 Å². The molecule has 0 saturated heterocycles. The highest BCUT2D eigenvalue weighted by atomic mass is 35.5. The maximum atomic E-state index is 11.1. The van der Waals surface area contributed by atoms with E-state index in [-0.39, 0.29) is 5.75 Å². The van der Waals surface area contributed by atoms with Crippen LogP contribution in [0.1, 0.15) is 5.56 Å². The van der Waals surface area contributed by atoms with Crippen molar-refractivity contribution in [1.82, 2.24) is 0 Å². The molecule has 0 unspecified atom stereocenters. The van der Waals surface area contributed by atoms with Crippen LogP contribution in [-0.2, 0) is 16.6 Å². The molecule has 3 N–H and O–H groups in total. The van der Waals surface area contributed by atoms with Gasteiger partial charge >= 0.3 is 0 Å². The first-order valence-electron chi connectivity index (χ1n) is 6.12. The number of hydrogen-bond donors (Lipinski definition) is 3. The van der Waals surface area contributed by atoms with Gasteiger partial charge in [0.2, 0.25) is 10.0 Å². The monoisotopic (exact) mass is 326 g/mol. The Morgan fingerprint density at radius 3 is 2.29 bits per heavy atom. The molecule has 2 rings (SSSR count). The van der Waals surface area contributed by atoms with Crippen molar-refractivity contribution >= 4 is 33.0 Å². The van der Waals surface area contributed by atoms with Crippen LogP contribution in [0.2, 0.25) is 5.02 Å². The normalized spacial score (nSPS) is 11.1. The molecule has 0 aliphatic rings. The Hall–Kier alpha value is -1.92. The molecule has 7 heteroatoms. The summed E-state index contributed by atoms with van der Waals surface area (Å²) in [6.07, 6.45) is 1.10. The van der Waals surface area contributed by atoms with E-state index in [1.165, 1.54) is 0 Å². The molecule has 5 nitrogen and oxygen atoms in total. The Morgan fingerprint density at radius 1 is 1.10 bits per heavy atom. The minimum atomic E-state index is -3.26. The molecule has 0 heterocycles. The van der Waals surface area contributed by atoms with Crippen LogP contribution in [0.25, 0.3) is 0 Å². The standard InChI is InChI=1S/C14H15ClN2O3S/c1-21(19,20)17-12-5-3-11(4-6-12)16-9-10-2-7-14(18)13(15)8-10/h2-8,16-18H,9H2,1H3. The third-order valence-electron chi connectivity index (χ3n) is 2.70. The maximum absolute atomic E-state index is 11.1. The first-order chi connectivity index (χ1) is 9.83. The third kappa shape index (κ3) is 4.84. The molecule has 2 aromatic rings. The van der Waals surface area contributed by atoms with Crippen LogP contribution in [0.15, 0.2) is 42.5 Å². The summed E-state index contributed by atoms with van der Waals surface area (Å²) < 4.78 is 24.6. The predicted molar refractivity (Wildman–Crippen MR) is 85.4 cm³/mol. The molecule has 0 radical (unpaired) electrons. The number of sulfonamides is 1. The number of halogens is 1. The Balaban J connectivity index is 1.99. The van der Waals surface area contributed by atoms with Gasteiger partial charge in [0.05, 0.1) is 11.3 Å². The van der Waals surface area contributed by atoms with Crippen molar-refractivity contribution in [1.29, 1.82) is 0 Å². The molecule has 112 valence electrons. The minimum Gasteiger partial charge on any atom is -0.506 e. The molecule has 0 fully saturated rings. The molecule has 0 bridgehead atoms. The molecule has 0 saturated carbocycles. The van der Waals surface area contributed by atoms with Gasteiger partial charge in [0.1, 0.15) is 5.75 Å². The van der Waals surface area contributed by atoms with E-state index < -0.39 is 10.0 Å². The zero-order valence-electron chi connectivity index (χ0n) is 11.3. The first kappa shape index (κ1) is 15.5. The largest absolute Gasteiger partial charge is 0.506 e. The molecular weight excluding hydrogens is 312 g/mol. The van der Waals surface area contributed by atoms with E-state index in [1.54, 1.807) is 42.5 Å². The van der Waals surface area contributed by atoms with Gasteiger partial charge in [-0.25, -0.2) is 8.42 Å². The summed E-state index contributed by atoms with van der Waals surface area (Å²) in [6.45, 7) is 0.541. The number of rotatable bonds is 5. The number of aromatic hydroxyl groups is 1. The van der Waals surface area contributed by atoms with Crippen LogP contribution < -0.4 is 10.0 Å². The van der Waals surface area contributed by atoms with Gasteiger partial charge in [-0.2, -0.15) is 0 Å². The fourth-order valence-electron chi connectivity index (χ4n) is 1.73. The SMILES string of the molecule is CS(=O)(=O)Nc1ccc(NCc2ccc(O)c(Cl)c2)cc1. The highest BCUT2D eigenvalue weighted by Gasteiger charge is 2.02. The summed E-state index contributed by atoms with van der Waals surface area (Å²) >= 11 is 5.83. The number of benzene rings is 2. The lowest BCUT2D eigenvalue weighted by Gasteiger charge is -2.09. The number of phenolic OH excluding ortho intramolecular Hbond substituents is 1. The van der Waals surface area contributed by atoms with E-state index in [2.05, 4.69) is 10.0 Å². The van der Waals surface area contributed by atoms with E-state index in [0.29, 0.717) is 17.3 Å². The molecule has 2 aromatic carbocycles. The topological polar surface area (TPSA) is 78.4 Å². The minimum absolute atomic E-state index is 0.0524. The fourth-order valence-corrected chi connectivity index (χ4v) is 2.50. The van der Waals surface area contributed by atoms with E-state index in [1.807, 2.05) is 0 Å².